The molecule has 0 fully saturated rings. The maximum atomic E-state index is 12.2. The van der Waals surface area contributed by atoms with Crippen molar-refractivity contribution >= 4 is 21.6 Å². The van der Waals surface area contributed by atoms with Crippen LogP contribution >= 0.6 is 0 Å². The molecule has 140 valence electrons. The van der Waals surface area contributed by atoms with Gasteiger partial charge in [0.15, 0.2) is 0 Å². The topological polar surface area (TPSA) is 75.7 Å². The first-order chi connectivity index (χ1) is 12.3. The molecule has 2 aromatic rings. The lowest BCUT2D eigenvalue weighted by Gasteiger charge is -2.24. The lowest BCUT2D eigenvalue weighted by molar-refractivity contribution is -0.120. The average molecular weight is 376 g/mol. The molecule has 0 atom stereocenters. The van der Waals surface area contributed by atoms with Crippen molar-refractivity contribution in [1.29, 1.82) is 0 Å². The number of aryl methyl sites for hydroxylation is 1. The Morgan fingerprint density at radius 3 is 2.42 bits per heavy atom. The van der Waals surface area contributed by atoms with Crippen LogP contribution in [0.15, 0.2) is 48.5 Å². The van der Waals surface area contributed by atoms with Crippen LogP contribution in [0.25, 0.3) is 0 Å². The fraction of sp³-hybridized carbons (Fsp3) is 0.316. The van der Waals surface area contributed by atoms with E-state index in [4.69, 9.17) is 4.74 Å². The van der Waals surface area contributed by atoms with Gasteiger partial charge >= 0.3 is 0 Å². The maximum absolute atomic E-state index is 12.2. The van der Waals surface area contributed by atoms with Gasteiger partial charge in [0.25, 0.3) is 0 Å². The molecule has 26 heavy (non-hydrogen) atoms. The zero-order chi connectivity index (χ0) is 19.2. The van der Waals surface area contributed by atoms with Gasteiger partial charge in [0.05, 0.1) is 32.0 Å². The summed E-state index contributed by atoms with van der Waals surface area (Å²) in [6.45, 7) is 2.28. The van der Waals surface area contributed by atoms with E-state index in [0.29, 0.717) is 11.4 Å². The highest BCUT2D eigenvalue weighted by molar-refractivity contribution is 7.92. The van der Waals surface area contributed by atoms with Crippen LogP contribution in [0.3, 0.4) is 0 Å². The van der Waals surface area contributed by atoms with Crippen molar-refractivity contribution in [2.75, 3.05) is 30.8 Å². The Bertz CT molecular complexity index is 865. The van der Waals surface area contributed by atoms with E-state index >= 15 is 0 Å². The van der Waals surface area contributed by atoms with Crippen molar-refractivity contribution in [2.45, 2.75) is 13.3 Å². The second kappa shape index (κ2) is 8.71. The first kappa shape index (κ1) is 19.8. The highest BCUT2D eigenvalue weighted by atomic mass is 32.2. The molecule has 0 spiro atoms. The Labute approximate surface area is 154 Å². The minimum atomic E-state index is -3.51. The van der Waals surface area contributed by atoms with Gasteiger partial charge in [-0.05, 0) is 30.2 Å². The largest absolute Gasteiger partial charge is 0.495 e. The fourth-order valence-electron chi connectivity index (χ4n) is 2.64. The molecule has 0 heterocycles. The third-order valence-electron chi connectivity index (χ3n) is 4.00. The Kier molecular flexibility index (Phi) is 6.63. The monoisotopic (exact) mass is 376 g/mol. The molecule has 0 unspecified atom stereocenters. The van der Waals surface area contributed by atoms with Gasteiger partial charge in [-0.25, -0.2) is 8.42 Å². The van der Waals surface area contributed by atoms with Crippen molar-refractivity contribution in [3.05, 3.63) is 59.7 Å². The van der Waals surface area contributed by atoms with E-state index in [1.54, 1.807) is 24.3 Å². The van der Waals surface area contributed by atoms with Crippen molar-refractivity contribution in [3.63, 3.8) is 0 Å². The van der Waals surface area contributed by atoms with Crippen molar-refractivity contribution in [1.82, 2.24) is 5.32 Å². The summed E-state index contributed by atoms with van der Waals surface area (Å²) in [4.78, 5) is 12.2. The number of rotatable bonds is 8. The van der Waals surface area contributed by atoms with Crippen LogP contribution in [0.5, 0.6) is 5.75 Å². The number of para-hydroxylation sites is 2. The number of benzene rings is 2. The minimum Gasteiger partial charge on any atom is -0.495 e. The van der Waals surface area contributed by atoms with Gasteiger partial charge in [0.2, 0.25) is 15.9 Å². The molecular weight excluding hydrogens is 352 g/mol. The van der Waals surface area contributed by atoms with Gasteiger partial charge in [-0.2, -0.15) is 0 Å². The summed E-state index contributed by atoms with van der Waals surface area (Å²) in [7, 11) is -2.02. The zero-order valence-electron chi connectivity index (χ0n) is 15.2. The molecule has 7 heteroatoms. The number of sulfonamides is 1. The predicted octanol–water partition coefficient (Wildman–Crippen LogP) is 2.13. The third kappa shape index (κ3) is 5.23. The molecule has 0 saturated carbocycles. The van der Waals surface area contributed by atoms with E-state index in [9.17, 15) is 13.2 Å². The molecule has 0 aliphatic rings. The Morgan fingerprint density at radius 1 is 1.12 bits per heavy atom. The van der Waals surface area contributed by atoms with Crippen molar-refractivity contribution in [2.24, 2.45) is 0 Å². The number of hydrogen-bond donors (Lipinski definition) is 1. The van der Waals surface area contributed by atoms with E-state index in [-0.39, 0.29) is 25.4 Å². The van der Waals surface area contributed by atoms with Gasteiger partial charge in [-0.1, -0.05) is 36.4 Å². The summed E-state index contributed by atoms with van der Waals surface area (Å²) >= 11 is 0. The van der Waals surface area contributed by atoms with E-state index in [1.165, 1.54) is 11.4 Å². The first-order valence-electron chi connectivity index (χ1n) is 8.25. The number of methoxy groups -OCH3 is 1. The summed E-state index contributed by atoms with van der Waals surface area (Å²) in [5.41, 5.74) is 2.45. The molecule has 1 N–H and O–H groups in total. The van der Waals surface area contributed by atoms with E-state index < -0.39 is 10.0 Å². The smallest absolute Gasteiger partial charge is 0.232 e. The zero-order valence-corrected chi connectivity index (χ0v) is 16.0. The van der Waals surface area contributed by atoms with E-state index in [1.807, 2.05) is 31.2 Å². The Hall–Kier alpha value is -2.54. The van der Waals surface area contributed by atoms with Gasteiger partial charge in [-0.15, -0.1) is 0 Å². The van der Waals surface area contributed by atoms with Gasteiger partial charge in [0.1, 0.15) is 5.75 Å². The Balaban J connectivity index is 2.02. The molecule has 0 saturated heterocycles. The summed E-state index contributed by atoms with van der Waals surface area (Å²) in [5, 5.41) is 2.78. The van der Waals surface area contributed by atoms with Crippen LogP contribution < -0.4 is 14.4 Å². The normalized spacial score (nSPS) is 11.0. The molecule has 0 bridgehead atoms. The van der Waals surface area contributed by atoms with Crippen LogP contribution in [-0.2, 0) is 21.2 Å². The van der Waals surface area contributed by atoms with Gasteiger partial charge in [-0.3, -0.25) is 9.10 Å². The molecule has 0 radical (unpaired) electrons. The number of nitrogens with one attached hydrogen (secondary N) is 1. The van der Waals surface area contributed by atoms with Crippen molar-refractivity contribution < 1.29 is 17.9 Å². The number of anilines is 1. The average Bonchev–Trinajstić information content (AvgIpc) is 2.60. The lowest BCUT2D eigenvalue weighted by atomic mass is 10.1. The number of ether oxygens (including phenoxy) is 1. The van der Waals surface area contributed by atoms with Gasteiger partial charge < -0.3 is 10.1 Å². The molecule has 6 nitrogen and oxygen atoms in total. The van der Waals surface area contributed by atoms with Crippen LogP contribution in [0.2, 0.25) is 0 Å². The highest BCUT2D eigenvalue weighted by Crippen LogP contribution is 2.29. The summed E-state index contributed by atoms with van der Waals surface area (Å²) < 4.78 is 30.8. The molecule has 0 aliphatic heterocycles. The quantitative estimate of drug-likeness (QED) is 0.766. The fourth-order valence-corrected chi connectivity index (χ4v) is 3.57. The summed E-state index contributed by atoms with van der Waals surface area (Å²) in [6, 6.07) is 14.6. The number of nitrogens with zero attached hydrogens (tertiary/aromatic N) is 1. The number of amides is 1. The summed E-state index contributed by atoms with van der Waals surface area (Å²) in [6.07, 6.45) is 1.40. The van der Waals surface area contributed by atoms with E-state index in [2.05, 4.69) is 5.32 Å². The molecule has 2 rings (SSSR count). The molecule has 2 aromatic carbocycles. The van der Waals surface area contributed by atoms with E-state index in [0.717, 1.165) is 17.4 Å². The molecule has 0 aliphatic carbocycles. The Morgan fingerprint density at radius 2 is 1.77 bits per heavy atom. The second-order valence-corrected chi connectivity index (χ2v) is 7.87. The van der Waals surface area contributed by atoms with Crippen LogP contribution in [0.4, 0.5) is 5.69 Å². The SMILES string of the molecule is COc1ccccc1N(CCNC(=O)Cc1ccccc1C)S(C)(=O)=O. The second-order valence-electron chi connectivity index (χ2n) is 5.96. The third-order valence-corrected chi connectivity index (χ3v) is 5.18. The molecule has 1 amide bonds. The predicted molar refractivity (Wildman–Crippen MR) is 103 cm³/mol. The molecule has 0 aromatic heterocycles. The standard InChI is InChI=1S/C19H24N2O4S/c1-15-8-4-5-9-16(15)14-19(22)20-12-13-21(26(3,23)24)17-10-6-7-11-18(17)25-2/h4-11H,12-14H2,1-3H3,(H,20,22). The van der Waals surface area contributed by atoms with Gasteiger partial charge in [0, 0.05) is 6.54 Å². The first-order valence-corrected chi connectivity index (χ1v) is 10.1. The van der Waals surface area contributed by atoms with Crippen molar-refractivity contribution in [3.8, 4) is 5.75 Å². The van der Waals surface area contributed by atoms with Crippen LogP contribution in [0, 0.1) is 6.92 Å². The summed E-state index contributed by atoms with van der Waals surface area (Å²) in [5.74, 6) is 0.317. The van der Waals surface area contributed by atoms with Crippen LogP contribution in [-0.4, -0.2) is 40.8 Å². The minimum absolute atomic E-state index is 0.124. The van der Waals surface area contributed by atoms with Crippen LogP contribution in [0.1, 0.15) is 11.1 Å². The number of hydrogen-bond acceptors (Lipinski definition) is 4. The maximum Gasteiger partial charge on any atom is 0.232 e. The highest BCUT2D eigenvalue weighted by Gasteiger charge is 2.20. The number of carbonyl (C=O) groups excluding carboxylic acids is 1. The molecular formula is C19H24N2O4S. The lowest BCUT2D eigenvalue weighted by Crippen LogP contribution is -2.38. The number of carbonyl (C=O) groups is 1.